The van der Waals surface area contributed by atoms with E-state index >= 15 is 0 Å². The SMILES string of the molecule is CC(CC(C)(C)C)C(=O)NCCC(C)(C)C. The van der Waals surface area contributed by atoms with Crippen molar-refractivity contribution in [1.29, 1.82) is 0 Å². The van der Waals surface area contributed by atoms with Crippen LogP contribution in [0.5, 0.6) is 0 Å². The van der Waals surface area contributed by atoms with Crippen molar-refractivity contribution in [3.8, 4) is 0 Å². The number of carbonyl (C=O) groups is 1. The lowest BCUT2D eigenvalue weighted by atomic mass is 9.85. The molecule has 0 bridgehead atoms. The molecule has 0 saturated carbocycles. The summed E-state index contributed by atoms with van der Waals surface area (Å²) in [4.78, 5) is 11.8. The zero-order valence-corrected chi connectivity index (χ0v) is 12.1. The Morgan fingerprint density at radius 1 is 1.06 bits per heavy atom. The number of nitrogens with one attached hydrogen (secondary N) is 1. The zero-order valence-electron chi connectivity index (χ0n) is 12.1. The quantitative estimate of drug-likeness (QED) is 0.781. The summed E-state index contributed by atoms with van der Waals surface area (Å²) in [5.74, 6) is 0.305. The fraction of sp³-hybridized carbons (Fsp3) is 0.929. The number of hydrogen-bond donors (Lipinski definition) is 1. The summed E-state index contributed by atoms with van der Waals surface area (Å²) in [6.07, 6.45) is 1.97. The van der Waals surface area contributed by atoms with Gasteiger partial charge in [0.1, 0.15) is 0 Å². The van der Waals surface area contributed by atoms with E-state index in [0.717, 1.165) is 19.4 Å². The molecule has 0 saturated heterocycles. The van der Waals surface area contributed by atoms with Crippen LogP contribution < -0.4 is 5.32 Å². The molecule has 0 aliphatic heterocycles. The summed E-state index contributed by atoms with van der Waals surface area (Å²) in [6.45, 7) is 15.9. The van der Waals surface area contributed by atoms with E-state index in [4.69, 9.17) is 0 Å². The molecule has 96 valence electrons. The molecule has 0 spiro atoms. The molecular formula is C14H29NO. The van der Waals surface area contributed by atoms with Gasteiger partial charge < -0.3 is 5.32 Å². The van der Waals surface area contributed by atoms with Crippen molar-refractivity contribution in [1.82, 2.24) is 5.32 Å². The van der Waals surface area contributed by atoms with Crippen molar-refractivity contribution in [2.45, 2.75) is 61.3 Å². The molecule has 1 N–H and O–H groups in total. The number of rotatable bonds is 4. The molecule has 0 aliphatic carbocycles. The van der Waals surface area contributed by atoms with Gasteiger partial charge in [-0.25, -0.2) is 0 Å². The van der Waals surface area contributed by atoms with Gasteiger partial charge >= 0.3 is 0 Å². The highest BCUT2D eigenvalue weighted by molar-refractivity contribution is 5.78. The molecule has 2 heteroatoms. The third kappa shape index (κ3) is 8.75. The second-order valence-corrected chi connectivity index (χ2v) is 7.27. The second kappa shape index (κ2) is 5.70. The Kier molecular flexibility index (Phi) is 5.51. The maximum absolute atomic E-state index is 11.8. The highest BCUT2D eigenvalue weighted by Crippen LogP contribution is 2.24. The summed E-state index contributed by atoms with van der Waals surface area (Å²) >= 11 is 0. The van der Waals surface area contributed by atoms with Crippen molar-refractivity contribution >= 4 is 5.91 Å². The van der Waals surface area contributed by atoms with Crippen molar-refractivity contribution in [2.75, 3.05) is 6.54 Å². The molecule has 0 heterocycles. The van der Waals surface area contributed by atoms with Crippen LogP contribution in [-0.2, 0) is 4.79 Å². The minimum absolute atomic E-state index is 0.111. The van der Waals surface area contributed by atoms with E-state index < -0.39 is 0 Å². The first-order chi connectivity index (χ1) is 7.01. The average molecular weight is 227 g/mol. The lowest BCUT2D eigenvalue weighted by Crippen LogP contribution is -2.33. The van der Waals surface area contributed by atoms with Gasteiger partial charge in [0.15, 0.2) is 0 Å². The van der Waals surface area contributed by atoms with Gasteiger partial charge in [-0.1, -0.05) is 48.5 Å². The van der Waals surface area contributed by atoms with Crippen LogP contribution in [-0.4, -0.2) is 12.5 Å². The second-order valence-electron chi connectivity index (χ2n) is 7.27. The maximum Gasteiger partial charge on any atom is 0.222 e. The summed E-state index contributed by atoms with van der Waals surface area (Å²) in [5.41, 5.74) is 0.515. The number of hydrogen-bond acceptors (Lipinski definition) is 1. The minimum Gasteiger partial charge on any atom is -0.356 e. The average Bonchev–Trinajstić information content (AvgIpc) is 1.98. The third-order valence-electron chi connectivity index (χ3n) is 2.54. The first-order valence-electron chi connectivity index (χ1n) is 6.29. The molecule has 0 radical (unpaired) electrons. The standard InChI is InChI=1S/C14H29NO/c1-11(10-14(5,6)7)12(16)15-9-8-13(2,3)4/h11H,8-10H2,1-7H3,(H,15,16). The van der Waals surface area contributed by atoms with Gasteiger partial charge in [0.25, 0.3) is 0 Å². The van der Waals surface area contributed by atoms with Crippen LogP contribution in [0.3, 0.4) is 0 Å². The van der Waals surface area contributed by atoms with Gasteiger partial charge in [-0.05, 0) is 23.7 Å². The molecule has 0 aliphatic rings. The summed E-state index contributed by atoms with van der Waals surface area (Å²) in [7, 11) is 0. The number of carbonyl (C=O) groups excluding carboxylic acids is 1. The van der Waals surface area contributed by atoms with Gasteiger partial charge in [0.2, 0.25) is 5.91 Å². The van der Waals surface area contributed by atoms with Gasteiger partial charge in [-0.2, -0.15) is 0 Å². The van der Waals surface area contributed by atoms with Crippen molar-refractivity contribution < 1.29 is 4.79 Å². The molecule has 0 aromatic rings. The summed E-state index contributed by atoms with van der Waals surface area (Å²) in [5, 5.41) is 3.02. The molecule has 0 fully saturated rings. The Morgan fingerprint density at radius 2 is 1.56 bits per heavy atom. The molecular weight excluding hydrogens is 198 g/mol. The molecule has 1 atom stereocenters. The molecule has 2 nitrogen and oxygen atoms in total. The maximum atomic E-state index is 11.8. The van der Waals surface area contributed by atoms with Crippen LogP contribution >= 0.6 is 0 Å². The Morgan fingerprint density at radius 3 is 1.94 bits per heavy atom. The monoisotopic (exact) mass is 227 g/mol. The fourth-order valence-electron chi connectivity index (χ4n) is 1.75. The Balaban J connectivity index is 3.90. The summed E-state index contributed by atoms with van der Waals surface area (Å²) < 4.78 is 0. The van der Waals surface area contributed by atoms with Crippen LogP contribution in [0.1, 0.15) is 61.3 Å². The van der Waals surface area contributed by atoms with E-state index in [0.29, 0.717) is 5.41 Å². The van der Waals surface area contributed by atoms with Crippen LogP contribution in [0, 0.1) is 16.7 Å². The highest BCUT2D eigenvalue weighted by Gasteiger charge is 2.20. The van der Waals surface area contributed by atoms with Crippen LogP contribution in [0.2, 0.25) is 0 Å². The smallest absolute Gasteiger partial charge is 0.222 e. The van der Waals surface area contributed by atoms with Crippen molar-refractivity contribution in [3.63, 3.8) is 0 Å². The molecule has 16 heavy (non-hydrogen) atoms. The minimum atomic E-state index is 0.111. The van der Waals surface area contributed by atoms with E-state index in [1.54, 1.807) is 0 Å². The van der Waals surface area contributed by atoms with E-state index in [2.05, 4.69) is 46.9 Å². The lowest BCUT2D eigenvalue weighted by molar-refractivity contribution is -0.125. The molecule has 0 rings (SSSR count). The van der Waals surface area contributed by atoms with Gasteiger partial charge in [-0.15, -0.1) is 0 Å². The Labute approximate surface area is 101 Å². The van der Waals surface area contributed by atoms with Crippen LogP contribution in [0.25, 0.3) is 0 Å². The van der Waals surface area contributed by atoms with E-state index in [1.165, 1.54) is 0 Å². The van der Waals surface area contributed by atoms with Gasteiger partial charge in [0, 0.05) is 12.5 Å². The van der Waals surface area contributed by atoms with Crippen molar-refractivity contribution in [3.05, 3.63) is 0 Å². The first kappa shape index (κ1) is 15.5. The van der Waals surface area contributed by atoms with Crippen LogP contribution in [0.15, 0.2) is 0 Å². The fourth-order valence-corrected chi connectivity index (χ4v) is 1.75. The van der Waals surface area contributed by atoms with Gasteiger partial charge in [-0.3, -0.25) is 4.79 Å². The lowest BCUT2D eigenvalue weighted by Gasteiger charge is -2.23. The largest absolute Gasteiger partial charge is 0.356 e. The molecule has 1 unspecified atom stereocenters. The summed E-state index contributed by atoms with van der Waals surface area (Å²) in [6, 6.07) is 0. The molecule has 0 aromatic heterocycles. The molecule has 1 amide bonds. The van der Waals surface area contributed by atoms with E-state index in [9.17, 15) is 4.79 Å². The zero-order chi connectivity index (χ0) is 13.0. The topological polar surface area (TPSA) is 29.1 Å². The van der Waals surface area contributed by atoms with Crippen molar-refractivity contribution in [2.24, 2.45) is 16.7 Å². The van der Waals surface area contributed by atoms with E-state index in [-0.39, 0.29) is 17.2 Å². The first-order valence-corrected chi connectivity index (χ1v) is 6.29. The predicted molar refractivity (Wildman–Crippen MR) is 70.3 cm³/mol. The Bertz CT molecular complexity index is 220. The normalized spacial score (nSPS) is 14.7. The predicted octanol–water partition coefficient (Wildman–Crippen LogP) is 3.61. The van der Waals surface area contributed by atoms with E-state index in [1.807, 2.05) is 6.92 Å². The van der Waals surface area contributed by atoms with Crippen LogP contribution in [0.4, 0.5) is 0 Å². The molecule has 0 aromatic carbocycles. The van der Waals surface area contributed by atoms with Gasteiger partial charge in [0.05, 0.1) is 0 Å². The number of amides is 1. The third-order valence-corrected chi connectivity index (χ3v) is 2.54. The Hall–Kier alpha value is -0.530. The highest BCUT2D eigenvalue weighted by atomic mass is 16.1.